The van der Waals surface area contributed by atoms with Crippen LogP contribution in [-0.2, 0) is 0 Å². The van der Waals surface area contributed by atoms with Gasteiger partial charge in [0, 0.05) is 21.2 Å². The van der Waals surface area contributed by atoms with Crippen molar-refractivity contribution in [3.63, 3.8) is 0 Å². The number of fused-ring (bicyclic) bond motifs is 6. The van der Waals surface area contributed by atoms with Gasteiger partial charge in [-0.3, -0.25) is 0 Å². The molecule has 0 bridgehead atoms. The van der Waals surface area contributed by atoms with Gasteiger partial charge in [0.2, 0.25) is 0 Å². The standard InChI is InChI=1S/C20H11ClO/c21-18-6-3-5-13-14(18)9-8-12-10-17-15-4-1-2-7-19(15)22-20(17)11-16(12)13/h1-11H. The van der Waals surface area contributed by atoms with E-state index in [4.69, 9.17) is 16.0 Å². The van der Waals surface area contributed by atoms with Crippen molar-refractivity contribution in [1.29, 1.82) is 0 Å². The van der Waals surface area contributed by atoms with Crippen molar-refractivity contribution in [2.45, 2.75) is 0 Å². The van der Waals surface area contributed by atoms with Crippen molar-refractivity contribution >= 4 is 55.1 Å². The lowest BCUT2D eigenvalue weighted by Crippen LogP contribution is -1.79. The fourth-order valence-electron chi connectivity index (χ4n) is 3.27. The average molecular weight is 303 g/mol. The average Bonchev–Trinajstić information content (AvgIpc) is 2.91. The summed E-state index contributed by atoms with van der Waals surface area (Å²) in [7, 11) is 0. The SMILES string of the molecule is Clc1cccc2c1ccc1cc3c(cc12)oc1ccccc13. The molecule has 4 aromatic carbocycles. The summed E-state index contributed by atoms with van der Waals surface area (Å²) in [6.45, 7) is 0. The summed E-state index contributed by atoms with van der Waals surface area (Å²) in [6, 6.07) is 22.7. The van der Waals surface area contributed by atoms with Crippen molar-refractivity contribution in [3.8, 4) is 0 Å². The Morgan fingerprint density at radius 3 is 2.41 bits per heavy atom. The minimum Gasteiger partial charge on any atom is -0.456 e. The first-order chi connectivity index (χ1) is 10.8. The number of rotatable bonds is 0. The molecule has 0 saturated heterocycles. The summed E-state index contributed by atoms with van der Waals surface area (Å²) < 4.78 is 6.01. The zero-order valence-corrected chi connectivity index (χ0v) is 12.4. The highest BCUT2D eigenvalue weighted by Gasteiger charge is 2.10. The molecule has 0 saturated carbocycles. The predicted octanol–water partition coefficient (Wildman–Crippen LogP) is 6.55. The van der Waals surface area contributed by atoms with Gasteiger partial charge in [0.1, 0.15) is 11.2 Å². The van der Waals surface area contributed by atoms with E-state index >= 15 is 0 Å². The first-order valence-corrected chi connectivity index (χ1v) is 7.61. The molecule has 0 atom stereocenters. The van der Waals surface area contributed by atoms with E-state index in [0.29, 0.717) is 0 Å². The highest BCUT2D eigenvalue weighted by atomic mass is 35.5. The third-order valence-electron chi connectivity index (χ3n) is 4.32. The number of para-hydroxylation sites is 1. The van der Waals surface area contributed by atoms with Crippen LogP contribution in [0.2, 0.25) is 5.02 Å². The van der Waals surface area contributed by atoms with Gasteiger partial charge < -0.3 is 4.42 Å². The summed E-state index contributed by atoms with van der Waals surface area (Å²) in [5.74, 6) is 0. The van der Waals surface area contributed by atoms with Crippen LogP contribution in [0, 0.1) is 0 Å². The van der Waals surface area contributed by atoms with E-state index in [1.165, 1.54) is 10.8 Å². The van der Waals surface area contributed by atoms with Crippen LogP contribution in [0.25, 0.3) is 43.5 Å². The van der Waals surface area contributed by atoms with E-state index in [1.807, 2.05) is 30.3 Å². The van der Waals surface area contributed by atoms with Gasteiger partial charge in [-0.1, -0.05) is 54.1 Å². The molecule has 0 aliphatic heterocycles. The molecule has 0 radical (unpaired) electrons. The van der Waals surface area contributed by atoms with Crippen LogP contribution < -0.4 is 0 Å². The number of furan rings is 1. The summed E-state index contributed by atoms with van der Waals surface area (Å²) in [4.78, 5) is 0. The summed E-state index contributed by atoms with van der Waals surface area (Å²) in [5, 5.41) is 7.71. The summed E-state index contributed by atoms with van der Waals surface area (Å²) >= 11 is 6.32. The van der Waals surface area contributed by atoms with Gasteiger partial charge >= 0.3 is 0 Å². The van der Waals surface area contributed by atoms with E-state index in [-0.39, 0.29) is 0 Å². The van der Waals surface area contributed by atoms with Gasteiger partial charge in [-0.15, -0.1) is 0 Å². The number of hydrogen-bond acceptors (Lipinski definition) is 1. The monoisotopic (exact) mass is 302 g/mol. The first-order valence-electron chi connectivity index (χ1n) is 7.23. The second-order valence-electron chi connectivity index (χ2n) is 5.57. The Bertz CT molecular complexity index is 1180. The van der Waals surface area contributed by atoms with Crippen LogP contribution in [0.1, 0.15) is 0 Å². The molecule has 0 aliphatic rings. The normalized spacial score (nSPS) is 11.9. The lowest BCUT2D eigenvalue weighted by molar-refractivity contribution is 0.669. The van der Waals surface area contributed by atoms with Gasteiger partial charge in [-0.2, -0.15) is 0 Å². The van der Waals surface area contributed by atoms with Crippen LogP contribution in [0.5, 0.6) is 0 Å². The lowest BCUT2D eigenvalue weighted by atomic mass is 10.00. The molecule has 0 unspecified atom stereocenters. The molecule has 0 amide bonds. The summed E-state index contributed by atoms with van der Waals surface area (Å²) in [5.41, 5.74) is 1.84. The molecule has 0 aliphatic carbocycles. The van der Waals surface area contributed by atoms with Crippen LogP contribution in [0.15, 0.2) is 71.1 Å². The van der Waals surface area contributed by atoms with Crippen LogP contribution >= 0.6 is 11.6 Å². The van der Waals surface area contributed by atoms with Gasteiger partial charge in [-0.05, 0) is 40.4 Å². The Hall–Kier alpha value is -2.51. The zero-order valence-electron chi connectivity index (χ0n) is 11.6. The highest BCUT2D eigenvalue weighted by molar-refractivity contribution is 6.36. The molecule has 0 spiro atoms. The molecule has 2 heteroatoms. The minimum absolute atomic E-state index is 0.782. The number of benzene rings is 4. The smallest absolute Gasteiger partial charge is 0.136 e. The molecule has 0 N–H and O–H groups in total. The van der Waals surface area contributed by atoms with E-state index < -0.39 is 0 Å². The summed E-state index contributed by atoms with van der Waals surface area (Å²) in [6.07, 6.45) is 0. The first kappa shape index (κ1) is 12.1. The Balaban J connectivity index is 2.02. The Labute approximate surface area is 131 Å². The largest absolute Gasteiger partial charge is 0.456 e. The molecular weight excluding hydrogens is 292 g/mol. The minimum atomic E-state index is 0.782. The van der Waals surface area contributed by atoms with Gasteiger partial charge in [-0.25, -0.2) is 0 Å². The molecule has 5 rings (SSSR count). The Morgan fingerprint density at radius 1 is 0.591 bits per heavy atom. The molecule has 5 aromatic rings. The van der Waals surface area contributed by atoms with Crippen molar-refractivity contribution in [3.05, 3.63) is 71.8 Å². The third-order valence-corrected chi connectivity index (χ3v) is 4.65. The van der Waals surface area contributed by atoms with E-state index in [1.54, 1.807) is 0 Å². The maximum atomic E-state index is 6.32. The molecule has 1 aromatic heterocycles. The number of hydrogen-bond donors (Lipinski definition) is 0. The van der Waals surface area contributed by atoms with E-state index in [0.717, 1.165) is 37.7 Å². The zero-order chi connectivity index (χ0) is 14.7. The fraction of sp³-hybridized carbons (Fsp3) is 0. The Kier molecular flexibility index (Phi) is 2.33. The highest BCUT2D eigenvalue weighted by Crippen LogP contribution is 2.36. The molecule has 1 heterocycles. The quantitative estimate of drug-likeness (QED) is 0.296. The maximum absolute atomic E-state index is 6.32. The van der Waals surface area contributed by atoms with E-state index in [9.17, 15) is 0 Å². The van der Waals surface area contributed by atoms with Crippen molar-refractivity contribution < 1.29 is 4.42 Å². The fourth-order valence-corrected chi connectivity index (χ4v) is 3.51. The third kappa shape index (κ3) is 1.54. The molecule has 0 fully saturated rings. The predicted molar refractivity (Wildman–Crippen MR) is 93.7 cm³/mol. The van der Waals surface area contributed by atoms with Crippen LogP contribution in [-0.4, -0.2) is 0 Å². The molecule has 1 nitrogen and oxygen atoms in total. The van der Waals surface area contributed by atoms with Crippen molar-refractivity contribution in [2.75, 3.05) is 0 Å². The van der Waals surface area contributed by atoms with Crippen molar-refractivity contribution in [2.24, 2.45) is 0 Å². The molecule has 22 heavy (non-hydrogen) atoms. The molecular formula is C20H11ClO. The van der Waals surface area contributed by atoms with Gasteiger partial charge in [0.25, 0.3) is 0 Å². The van der Waals surface area contributed by atoms with Crippen LogP contribution in [0.4, 0.5) is 0 Å². The number of halogens is 1. The lowest BCUT2D eigenvalue weighted by Gasteiger charge is -2.05. The molecule has 104 valence electrons. The Morgan fingerprint density at radius 2 is 1.45 bits per heavy atom. The van der Waals surface area contributed by atoms with Crippen molar-refractivity contribution in [1.82, 2.24) is 0 Å². The maximum Gasteiger partial charge on any atom is 0.136 e. The van der Waals surface area contributed by atoms with Gasteiger partial charge in [0.15, 0.2) is 0 Å². The van der Waals surface area contributed by atoms with Crippen LogP contribution in [0.3, 0.4) is 0 Å². The second-order valence-corrected chi connectivity index (χ2v) is 5.98. The van der Waals surface area contributed by atoms with E-state index in [2.05, 4.69) is 36.4 Å². The van der Waals surface area contributed by atoms with Gasteiger partial charge in [0.05, 0.1) is 0 Å². The topological polar surface area (TPSA) is 13.1 Å². The second kappa shape index (κ2) is 4.25.